The van der Waals surface area contributed by atoms with Crippen molar-refractivity contribution in [1.29, 1.82) is 0 Å². The second-order valence-electron chi connectivity index (χ2n) is 3.63. The largest absolute Gasteiger partial charge is 0.398 e. The van der Waals surface area contributed by atoms with E-state index in [-0.39, 0.29) is 0 Å². The Morgan fingerprint density at radius 2 is 2.25 bits per heavy atom. The molecular formula is C11H14N4S. The van der Waals surface area contributed by atoms with Gasteiger partial charge in [0, 0.05) is 17.6 Å². The molecule has 0 amide bonds. The monoisotopic (exact) mass is 234 g/mol. The maximum Gasteiger partial charge on any atom is 0.138 e. The van der Waals surface area contributed by atoms with E-state index < -0.39 is 0 Å². The second-order valence-corrected chi connectivity index (χ2v) is 4.65. The first kappa shape index (κ1) is 11.0. The van der Waals surface area contributed by atoms with Gasteiger partial charge in [0.15, 0.2) is 0 Å². The molecule has 2 N–H and O–H groups in total. The van der Waals surface area contributed by atoms with E-state index in [1.54, 1.807) is 22.8 Å². The highest BCUT2D eigenvalue weighted by Gasteiger charge is 2.04. The van der Waals surface area contributed by atoms with Crippen LogP contribution in [-0.2, 0) is 12.8 Å². The van der Waals surface area contributed by atoms with Crippen LogP contribution in [0.4, 0.5) is 5.69 Å². The molecule has 5 heteroatoms. The maximum atomic E-state index is 5.90. The number of aryl methyl sites for hydroxylation is 2. The molecule has 0 aliphatic carbocycles. The molecule has 0 radical (unpaired) electrons. The van der Waals surface area contributed by atoms with E-state index in [0.29, 0.717) is 0 Å². The Balaban J connectivity index is 2.10. The molecule has 1 aromatic carbocycles. The SMILES string of the molecule is Cc1ccc(N)c(SCc2ncnn2C)c1. The van der Waals surface area contributed by atoms with E-state index in [4.69, 9.17) is 5.73 Å². The lowest BCUT2D eigenvalue weighted by molar-refractivity contribution is 0.730. The minimum Gasteiger partial charge on any atom is -0.398 e. The summed E-state index contributed by atoms with van der Waals surface area (Å²) in [5, 5.41) is 4.03. The van der Waals surface area contributed by atoms with Gasteiger partial charge < -0.3 is 5.73 Å². The van der Waals surface area contributed by atoms with E-state index in [2.05, 4.69) is 23.1 Å². The summed E-state index contributed by atoms with van der Waals surface area (Å²) in [7, 11) is 1.89. The minimum absolute atomic E-state index is 0.782. The number of anilines is 1. The molecule has 1 heterocycles. The molecule has 0 spiro atoms. The Labute approximate surface area is 98.9 Å². The Kier molecular flexibility index (Phi) is 3.14. The third-order valence-corrected chi connectivity index (χ3v) is 3.40. The standard InChI is InChI=1S/C11H14N4S/c1-8-3-4-9(12)10(5-8)16-6-11-13-7-14-15(11)2/h3-5,7H,6,12H2,1-2H3. The van der Waals surface area contributed by atoms with Crippen LogP contribution < -0.4 is 5.73 Å². The first-order chi connectivity index (χ1) is 7.66. The number of aromatic nitrogens is 3. The zero-order valence-electron chi connectivity index (χ0n) is 9.34. The van der Waals surface area contributed by atoms with E-state index >= 15 is 0 Å². The predicted octanol–water partition coefficient (Wildman–Crippen LogP) is 2.00. The molecule has 0 aliphatic rings. The molecule has 2 rings (SSSR count). The molecule has 16 heavy (non-hydrogen) atoms. The average molecular weight is 234 g/mol. The fraction of sp³-hybridized carbons (Fsp3) is 0.273. The summed E-state index contributed by atoms with van der Waals surface area (Å²) in [4.78, 5) is 5.27. The Morgan fingerprint density at radius 3 is 2.94 bits per heavy atom. The van der Waals surface area contributed by atoms with Gasteiger partial charge in [0.2, 0.25) is 0 Å². The molecule has 0 bridgehead atoms. The van der Waals surface area contributed by atoms with E-state index in [9.17, 15) is 0 Å². The van der Waals surface area contributed by atoms with E-state index in [1.807, 2.05) is 19.2 Å². The molecule has 1 aromatic heterocycles. The van der Waals surface area contributed by atoms with Crippen molar-refractivity contribution in [2.75, 3.05) is 5.73 Å². The van der Waals surface area contributed by atoms with Crippen molar-refractivity contribution in [1.82, 2.24) is 14.8 Å². The van der Waals surface area contributed by atoms with Gasteiger partial charge in [-0.1, -0.05) is 6.07 Å². The van der Waals surface area contributed by atoms with Crippen molar-refractivity contribution in [2.24, 2.45) is 7.05 Å². The minimum atomic E-state index is 0.782. The third-order valence-electron chi connectivity index (χ3n) is 2.33. The first-order valence-electron chi connectivity index (χ1n) is 4.98. The predicted molar refractivity (Wildman–Crippen MR) is 66.2 cm³/mol. The molecule has 84 valence electrons. The number of rotatable bonds is 3. The molecule has 0 fully saturated rings. The molecule has 0 saturated heterocycles. The topological polar surface area (TPSA) is 56.7 Å². The molecule has 4 nitrogen and oxygen atoms in total. The smallest absolute Gasteiger partial charge is 0.138 e. The van der Waals surface area contributed by atoms with Crippen LogP contribution in [0.5, 0.6) is 0 Å². The van der Waals surface area contributed by atoms with Gasteiger partial charge in [-0.3, -0.25) is 4.68 Å². The maximum absolute atomic E-state index is 5.90. The molecular weight excluding hydrogens is 220 g/mol. The molecule has 0 saturated carbocycles. The van der Waals surface area contributed by atoms with Crippen LogP contribution in [0.2, 0.25) is 0 Å². The highest BCUT2D eigenvalue weighted by Crippen LogP contribution is 2.28. The Hall–Kier alpha value is -1.49. The van der Waals surface area contributed by atoms with Gasteiger partial charge in [-0.15, -0.1) is 11.8 Å². The molecule has 0 atom stereocenters. The van der Waals surface area contributed by atoms with Crippen LogP contribution in [-0.4, -0.2) is 14.8 Å². The fourth-order valence-corrected chi connectivity index (χ4v) is 2.41. The summed E-state index contributed by atoms with van der Waals surface area (Å²) >= 11 is 1.68. The van der Waals surface area contributed by atoms with Crippen molar-refractivity contribution in [3.63, 3.8) is 0 Å². The van der Waals surface area contributed by atoms with Crippen molar-refractivity contribution < 1.29 is 0 Å². The van der Waals surface area contributed by atoms with E-state index in [1.165, 1.54) is 5.56 Å². The quantitative estimate of drug-likeness (QED) is 0.652. The third kappa shape index (κ3) is 2.36. The van der Waals surface area contributed by atoms with Crippen LogP contribution in [0, 0.1) is 6.92 Å². The Bertz CT molecular complexity index is 492. The fourth-order valence-electron chi connectivity index (χ4n) is 1.36. The lowest BCUT2D eigenvalue weighted by atomic mass is 10.2. The van der Waals surface area contributed by atoms with Gasteiger partial charge in [-0.25, -0.2) is 4.98 Å². The van der Waals surface area contributed by atoms with Gasteiger partial charge in [0.25, 0.3) is 0 Å². The number of thioether (sulfide) groups is 1. The van der Waals surface area contributed by atoms with E-state index in [0.717, 1.165) is 22.2 Å². The lowest BCUT2D eigenvalue weighted by Crippen LogP contribution is -1.98. The zero-order chi connectivity index (χ0) is 11.5. The van der Waals surface area contributed by atoms with Crippen molar-refractivity contribution in [2.45, 2.75) is 17.6 Å². The van der Waals surface area contributed by atoms with Crippen molar-refractivity contribution in [3.8, 4) is 0 Å². The number of hydrogen-bond donors (Lipinski definition) is 1. The van der Waals surface area contributed by atoms with Gasteiger partial charge in [-0.2, -0.15) is 5.10 Å². The van der Waals surface area contributed by atoms with Gasteiger partial charge >= 0.3 is 0 Å². The number of hydrogen-bond acceptors (Lipinski definition) is 4. The summed E-state index contributed by atoms with van der Waals surface area (Å²) in [6.45, 7) is 2.06. The summed E-state index contributed by atoms with van der Waals surface area (Å²) in [6, 6.07) is 6.05. The molecule has 0 aliphatic heterocycles. The van der Waals surface area contributed by atoms with Crippen LogP contribution in [0.15, 0.2) is 29.4 Å². The highest BCUT2D eigenvalue weighted by atomic mass is 32.2. The van der Waals surface area contributed by atoms with Crippen LogP contribution >= 0.6 is 11.8 Å². The molecule has 2 aromatic rings. The van der Waals surface area contributed by atoms with Crippen LogP contribution in [0.3, 0.4) is 0 Å². The van der Waals surface area contributed by atoms with Gasteiger partial charge in [0.05, 0.1) is 5.75 Å². The van der Waals surface area contributed by atoms with Crippen LogP contribution in [0.25, 0.3) is 0 Å². The summed E-state index contributed by atoms with van der Waals surface area (Å²) in [5.74, 6) is 1.73. The van der Waals surface area contributed by atoms with Gasteiger partial charge in [0.1, 0.15) is 12.2 Å². The molecule has 0 unspecified atom stereocenters. The number of nitrogens with zero attached hydrogens (tertiary/aromatic N) is 3. The van der Waals surface area contributed by atoms with Crippen LogP contribution in [0.1, 0.15) is 11.4 Å². The number of nitrogen functional groups attached to an aromatic ring is 1. The average Bonchev–Trinajstić information content (AvgIpc) is 2.66. The summed E-state index contributed by atoms with van der Waals surface area (Å²) < 4.78 is 1.78. The summed E-state index contributed by atoms with van der Waals surface area (Å²) in [6.07, 6.45) is 1.56. The lowest BCUT2D eigenvalue weighted by Gasteiger charge is -2.06. The number of nitrogens with two attached hydrogens (primary N) is 1. The zero-order valence-corrected chi connectivity index (χ0v) is 10.2. The van der Waals surface area contributed by atoms with Crippen molar-refractivity contribution >= 4 is 17.4 Å². The Morgan fingerprint density at radius 1 is 1.44 bits per heavy atom. The normalized spacial score (nSPS) is 10.6. The number of benzene rings is 1. The van der Waals surface area contributed by atoms with Gasteiger partial charge in [-0.05, 0) is 24.6 Å². The summed E-state index contributed by atoms with van der Waals surface area (Å²) in [5.41, 5.74) is 7.94. The highest BCUT2D eigenvalue weighted by molar-refractivity contribution is 7.98. The second kappa shape index (κ2) is 4.57. The van der Waals surface area contributed by atoms with Crippen molar-refractivity contribution in [3.05, 3.63) is 35.9 Å². The first-order valence-corrected chi connectivity index (χ1v) is 5.97.